The van der Waals surface area contributed by atoms with Crippen molar-refractivity contribution in [2.45, 2.75) is 6.54 Å². The molecule has 1 aliphatic heterocycles. The second-order valence-corrected chi connectivity index (χ2v) is 4.57. The first kappa shape index (κ1) is 13.4. The molecule has 19 heavy (non-hydrogen) atoms. The lowest BCUT2D eigenvalue weighted by molar-refractivity contribution is -0.384. The fourth-order valence-corrected chi connectivity index (χ4v) is 2.05. The molecule has 0 saturated carbocycles. The van der Waals surface area contributed by atoms with Gasteiger partial charge in [-0.3, -0.25) is 29.9 Å². The number of hydrogen-bond donors (Lipinski definition) is 1. The molecule has 1 aliphatic rings. The van der Waals surface area contributed by atoms with E-state index in [1.165, 1.54) is 12.1 Å². The monoisotopic (exact) mass is 283 g/mol. The van der Waals surface area contributed by atoms with E-state index in [1.54, 1.807) is 11.0 Å². The number of rotatable bonds is 3. The largest absolute Gasteiger partial charge is 0.294 e. The van der Waals surface area contributed by atoms with E-state index in [9.17, 15) is 19.7 Å². The molecule has 7 nitrogen and oxygen atoms in total. The predicted molar refractivity (Wildman–Crippen MR) is 66.5 cm³/mol. The van der Waals surface area contributed by atoms with Crippen molar-refractivity contribution < 1.29 is 14.5 Å². The van der Waals surface area contributed by atoms with Crippen LogP contribution in [0.2, 0.25) is 5.02 Å². The average molecular weight is 284 g/mol. The highest BCUT2D eigenvalue weighted by Gasteiger charge is 2.23. The molecule has 1 fully saturated rings. The van der Waals surface area contributed by atoms with Gasteiger partial charge in [-0.2, -0.15) is 0 Å². The van der Waals surface area contributed by atoms with Crippen LogP contribution in [0.4, 0.5) is 5.69 Å². The summed E-state index contributed by atoms with van der Waals surface area (Å²) in [6.07, 6.45) is 0. The molecule has 8 heteroatoms. The SMILES string of the molecule is O=C1CN(Cc2ccc(Cl)c([N+](=O)[O-])c2)CC(=O)N1. The van der Waals surface area contributed by atoms with Gasteiger partial charge in [0.2, 0.25) is 11.8 Å². The summed E-state index contributed by atoms with van der Waals surface area (Å²) in [5.41, 5.74) is 0.436. The summed E-state index contributed by atoms with van der Waals surface area (Å²) in [7, 11) is 0. The standard InChI is InChI=1S/C11H10ClN3O4/c12-8-2-1-7(3-9(8)15(18)19)4-14-5-10(16)13-11(17)6-14/h1-3H,4-6H2,(H,13,16,17). The zero-order valence-electron chi connectivity index (χ0n) is 9.76. The third kappa shape index (κ3) is 3.27. The Hall–Kier alpha value is -1.99. The summed E-state index contributed by atoms with van der Waals surface area (Å²) < 4.78 is 0. The normalized spacial score (nSPS) is 16.3. The molecular formula is C11H10ClN3O4. The zero-order chi connectivity index (χ0) is 14.0. The van der Waals surface area contributed by atoms with Gasteiger partial charge in [0.15, 0.2) is 0 Å². The third-order valence-electron chi connectivity index (χ3n) is 2.63. The number of nitrogens with zero attached hydrogens (tertiary/aromatic N) is 2. The number of hydrogen-bond acceptors (Lipinski definition) is 5. The second kappa shape index (κ2) is 5.33. The topological polar surface area (TPSA) is 92.6 Å². The maximum atomic E-state index is 11.2. The Kier molecular flexibility index (Phi) is 3.77. The van der Waals surface area contributed by atoms with Crippen molar-refractivity contribution in [1.82, 2.24) is 10.2 Å². The predicted octanol–water partition coefficient (Wildman–Crippen LogP) is 0.707. The van der Waals surface area contributed by atoms with Crippen molar-refractivity contribution in [2.24, 2.45) is 0 Å². The Bertz CT molecular complexity index is 545. The second-order valence-electron chi connectivity index (χ2n) is 4.16. The number of carbonyl (C=O) groups is 2. The summed E-state index contributed by atoms with van der Waals surface area (Å²) >= 11 is 5.71. The lowest BCUT2D eigenvalue weighted by Gasteiger charge is -2.25. The van der Waals surface area contributed by atoms with Crippen LogP contribution in [-0.2, 0) is 16.1 Å². The first-order valence-electron chi connectivity index (χ1n) is 5.43. The molecule has 1 saturated heterocycles. The van der Waals surface area contributed by atoms with E-state index in [2.05, 4.69) is 5.32 Å². The Labute approximate surface area is 113 Å². The van der Waals surface area contributed by atoms with Crippen LogP contribution in [0.1, 0.15) is 5.56 Å². The number of halogens is 1. The van der Waals surface area contributed by atoms with Crippen LogP contribution in [0.15, 0.2) is 18.2 Å². The fourth-order valence-electron chi connectivity index (χ4n) is 1.86. The van der Waals surface area contributed by atoms with Gasteiger partial charge >= 0.3 is 0 Å². The van der Waals surface area contributed by atoms with Gasteiger partial charge in [0.05, 0.1) is 18.0 Å². The van der Waals surface area contributed by atoms with Crippen LogP contribution in [0.25, 0.3) is 0 Å². The first-order chi connectivity index (χ1) is 8.95. The summed E-state index contributed by atoms with van der Waals surface area (Å²) in [6.45, 7) is 0.446. The van der Waals surface area contributed by atoms with Crippen LogP contribution in [-0.4, -0.2) is 34.7 Å². The molecule has 0 spiro atoms. The molecule has 0 unspecified atom stereocenters. The van der Waals surface area contributed by atoms with Crippen LogP contribution in [0.5, 0.6) is 0 Å². The average Bonchev–Trinajstić information content (AvgIpc) is 2.30. The van der Waals surface area contributed by atoms with Crippen LogP contribution >= 0.6 is 11.6 Å². The van der Waals surface area contributed by atoms with Crippen LogP contribution in [0, 0.1) is 10.1 Å². The van der Waals surface area contributed by atoms with Gasteiger partial charge in [-0.15, -0.1) is 0 Å². The van der Waals surface area contributed by atoms with Gasteiger partial charge in [-0.1, -0.05) is 17.7 Å². The molecule has 0 radical (unpaired) electrons. The maximum absolute atomic E-state index is 11.2. The number of carbonyl (C=O) groups excluding carboxylic acids is 2. The molecule has 1 N–H and O–H groups in total. The molecular weight excluding hydrogens is 274 g/mol. The van der Waals surface area contributed by atoms with Gasteiger partial charge in [-0.05, 0) is 11.6 Å². The molecule has 0 bridgehead atoms. The van der Waals surface area contributed by atoms with Gasteiger partial charge in [-0.25, -0.2) is 0 Å². The van der Waals surface area contributed by atoms with Gasteiger partial charge in [0.1, 0.15) is 5.02 Å². The Morgan fingerprint density at radius 1 is 1.32 bits per heavy atom. The van der Waals surface area contributed by atoms with Gasteiger partial charge in [0.25, 0.3) is 5.69 Å². The number of nitro benzene ring substituents is 1. The smallest absolute Gasteiger partial charge is 0.288 e. The molecule has 1 aromatic carbocycles. The Morgan fingerprint density at radius 2 is 1.95 bits per heavy atom. The van der Waals surface area contributed by atoms with E-state index in [1.807, 2.05) is 0 Å². The highest BCUT2D eigenvalue weighted by molar-refractivity contribution is 6.32. The lowest BCUT2D eigenvalue weighted by atomic mass is 10.1. The summed E-state index contributed by atoms with van der Waals surface area (Å²) in [5.74, 6) is -0.751. The molecule has 1 heterocycles. The zero-order valence-corrected chi connectivity index (χ0v) is 10.5. The lowest BCUT2D eigenvalue weighted by Crippen LogP contribution is -2.50. The van der Waals surface area contributed by atoms with Gasteiger partial charge < -0.3 is 0 Å². The van der Waals surface area contributed by atoms with Crippen molar-refractivity contribution in [1.29, 1.82) is 0 Å². The number of nitrogens with one attached hydrogen (secondary N) is 1. The van der Waals surface area contributed by atoms with E-state index >= 15 is 0 Å². The number of amides is 2. The minimum Gasteiger partial charge on any atom is -0.294 e. The minimum absolute atomic E-state index is 0.0567. The van der Waals surface area contributed by atoms with Crippen LogP contribution in [0.3, 0.4) is 0 Å². The first-order valence-corrected chi connectivity index (χ1v) is 5.81. The van der Waals surface area contributed by atoms with Gasteiger partial charge in [0, 0.05) is 12.6 Å². The summed E-state index contributed by atoms with van der Waals surface area (Å²) in [4.78, 5) is 34.2. The molecule has 0 aromatic heterocycles. The fraction of sp³-hybridized carbons (Fsp3) is 0.273. The molecule has 2 rings (SSSR count). The highest BCUT2D eigenvalue weighted by Crippen LogP contribution is 2.25. The highest BCUT2D eigenvalue weighted by atomic mass is 35.5. The number of benzene rings is 1. The van der Waals surface area contributed by atoms with Crippen molar-refractivity contribution in [3.05, 3.63) is 38.9 Å². The summed E-state index contributed by atoms with van der Waals surface area (Å²) in [5, 5.41) is 13.0. The van der Waals surface area contributed by atoms with E-state index < -0.39 is 4.92 Å². The van der Waals surface area contributed by atoms with Crippen molar-refractivity contribution in [2.75, 3.05) is 13.1 Å². The van der Waals surface area contributed by atoms with E-state index in [0.717, 1.165) is 0 Å². The molecule has 0 aliphatic carbocycles. The quantitative estimate of drug-likeness (QED) is 0.501. The number of imide groups is 1. The molecule has 2 amide bonds. The molecule has 0 atom stereocenters. The maximum Gasteiger partial charge on any atom is 0.288 e. The Balaban J connectivity index is 2.15. The minimum atomic E-state index is -0.570. The third-order valence-corrected chi connectivity index (χ3v) is 2.95. The summed E-state index contributed by atoms with van der Waals surface area (Å²) in [6, 6.07) is 4.41. The van der Waals surface area contributed by atoms with E-state index in [0.29, 0.717) is 5.56 Å². The van der Waals surface area contributed by atoms with Crippen LogP contribution < -0.4 is 5.32 Å². The van der Waals surface area contributed by atoms with Crippen molar-refractivity contribution in [3.63, 3.8) is 0 Å². The molecule has 100 valence electrons. The van der Waals surface area contributed by atoms with Crippen molar-refractivity contribution in [3.8, 4) is 0 Å². The number of nitro groups is 1. The van der Waals surface area contributed by atoms with Crippen molar-refractivity contribution >= 4 is 29.1 Å². The van der Waals surface area contributed by atoms with E-state index in [4.69, 9.17) is 11.6 Å². The molecule has 1 aromatic rings. The van der Waals surface area contributed by atoms with E-state index in [-0.39, 0.29) is 42.2 Å². The Morgan fingerprint density at radius 3 is 2.53 bits per heavy atom. The number of piperazine rings is 1.